The Morgan fingerprint density at radius 1 is 0.765 bits per heavy atom. The number of imide groups is 1. The molecule has 2 amide bonds. The summed E-state index contributed by atoms with van der Waals surface area (Å²) >= 11 is 0. The highest BCUT2D eigenvalue weighted by atomic mass is 16.3. The molecular formula is C29H32N2O3. The van der Waals surface area contributed by atoms with Crippen molar-refractivity contribution in [2.75, 3.05) is 6.54 Å². The van der Waals surface area contributed by atoms with Crippen molar-refractivity contribution in [1.29, 1.82) is 0 Å². The number of benzene rings is 3. The second-order valence-corrected chi connectivity index (χ2v) is 9.79. The van der Waals surface area contributed by atoms with Crippen molar-refractivity contribution in [3.63, 3.8) is 0 Å². The fourth-order valence-corrected chi connectivity index (χ4v) is 4.72. The van der Waals surface area contributed by atoms with Crippen LogP contribution < -0.4 is 0 Å². The fraction of sp³-hybridized carbons (Fsp3) is 0.310. The highest BCUT2D eigenvalue weighted by Crippen LogP contribution is 2.32. The van der Waals surface area contributed by atoms with E-state index in [-0.39, 0.29) is 24.4 Å². The zero-order chi connectivity index (χ0) is 24.3. The van der Waals surface area contributed by atoms with Crippen LogP contribution >= 0.6 is 0 Å². The molecule has 0 spiro atoms. The van der Waals surface area contributed by atoms with Gasteiger partial charge in [-0.2, -0.15) is 0 Å². The molecule has 0 radical (unpaired) electrons. The minimum atomic E-state index is -0.774. The number of rotatable bonds is 9. The lowest BCUT2D eigenvalue weighted by molar-refractivity contribution is -0.0349. The lowest BCUT2D eigenvalue weighted by atomic mass is 9.81. The summed E-state index contributed by atoms with van der Waals surface area (Å²) in [5.74, 6) is -0.585. The summed E-state index contributed by atoms with van der Waals surface area (Å²) in [6.45, 7) is 7.35. The van der Waals surface area contributed by atoms with Crippen molar-refractivity contribution in [2.24, 2.45) is 5.41 Å². The Bertz CT molecular complexity index is 1070. The molecule has 2 atom stereocenters. The van der Waals surface area contributed by atoms with Gasteiger partial charge in [0.2, 0.25) is 0 Å². The van der Waals surface area contributed by atoms with Gasteiger partial charge in [0.25, 0.3) is 11.8 Å². The monoisotopic (exact) mass is 456 g/mol. The molecule has 1 aliphatic rings. The van der Waals surface area contributed by atoms with E-state index in [9.17, 15) is 14.7 Å². The molecule has 0 unspecified atom stereocenters. The number of hydrogen-bond acceptors (Lipinski definition) is 4. The molecule has 5 heteroatoms. The molecule has 4 rings (SSSR count). The maximum Gasteiger partial charge on any atom is 0.261 e. The van der Waals surface area contributed by atoms with Gasteiger partial charge in [-0.05, 0) is 30.2 Å². The van der Waals surface area contributed by atoms with Crippen LogP contribution in [0, 0.1) is 5.41 Å². The lowest BCUT2D eigenvalue weighted by Crippen LogP contribution is -2.52. The highest BCUT2D eigenvalue weighted by Gasteiger charge is 2.42. The summed E-state index contributed by atoms with van der Waals surface area (Å²) < 4.78 is 0. The van der Waals surface area contributed by atoms with Crippen LogP contribution in [0.25, 0.3) is 0 Å². The molecule has 3 aromatic carbocycles. The molecule has 1 N–H and O–H groups in total. The third kappa shape index (κ3) is 4.96. The van der Waals surface area contributed by atoms with Gasteiger partial charge in [0.05, 0.1) is 17.2 Å². The van der Waals surface area contributed by atoms with Crippen molar-refractivity contribution in [1.82, 2.24) is 9.80 Å². The third-order valence-corrected chi connectivity index (χ3v) is 6.73. The van der Waals surface area contributed by atoms with Crippen molar-refractivity contribution in [2.45, 2.75) is 46.0 Å². The molecular weight excluding hydrogens is 424 g/mol. The van der Waals surface area contributed by atoms with Crippen LogP contribution in [0.3, 0.4) is 0 Å². The molecule has 34 heavy (non-hydrogen) atoms. The van der Waals surface area contributed by atoms with Crippen LogP contribution in [0.5, 0.6) is 0 Å². The second-order valence-electron chi connectivity index (χ2n) is 9.79. The van der Waals surface area contributed by atoms with E-state index in [0.717, 1.165) is 11.1 Å². The van der Waals surface area contributed by atoms with Crippen molar-refractivity contribution in [3.8, 4) is 0 Å². The number of aliphatic hydroxyl groups is 1. The van der Waals surface area contributed by atoms with Crippen LogP contribution in [-0.2, 0) is 13.1 Å². The van der Waals surface area contributed by atoms with Gasteiger partial charge in [-0.15, -0.1) is 0 Å². The molecule has 0 saturated carbocycles. The first-order valence-electron chi connectivity index (χ1n) is 11.7. The van der Waals surface area contributed by atoms with Crippen LogP contribution in [0.4, 0.5) is 0 Å². The number of carbonyl (C=O) groups excluding carboxylic acids is 2. The summed E-state index contributed by atoms with van der Waals surface area (Å²) in [7, 11) is 0. The Kier molecular flexibility index (Phi) is 6.96. The average molecular weight is 457 g/mol. The van der Waals surface area contributed by atoms with Crippen molar-refractivity contribution < 1.29 is 14.7 Å². The van der Waals surface area contributed by atoms with Crippen LogP contribution in [0.1, 0.15) is 52.6 Å². The summed E-state index contributed by atoms with van der Waals surface area (Å²) in [6.07, 6.45) is -0.774. The molecule has 176 valence electrons. The Morgan fingerprint density at radius 3 is 1.62 bits per heavy atom. The Morgan fingerprint density at radius 2 is 1.18 bits per heavy atom. The van der Waals surface area contributed by atoms with Gasteiger partial charge in [0, 0.05) is 31.1 Å². The smallest absolute Gasteiger partial charge is 0.261 e. The minimum Gasteiger partial charge on any atom is -0.391 e. The van der Waals surface area contributed by atoms with Gasteiger partial charge in [0.15, 0.2) is 0 Å². The first-order chi connectivity index (χ1) is 16.3. The predicted octanol–water partition coefficient (Wildman–Crippen LogP) is 4.76. The van der Waals surface area contributed by atoms with Gasteiger partial charge in [-0.25, -0.2) is 0 Å². The largest absolute Gasteiger partial charge is 0.391 e. The fourth-order valence-electron chi connectivity index (χ4n) is 4.72. The minimum absolute atomic E-state index is 0.148. The van der Waals surface area contributed by atoms with Crippen LogP contribution in [-0.4, -0.2) is 45.4 Å². The van der Waals surface area contributed by atoms with E-state index in [4.69, 9.17) is 0 Å². The summed E-state index contributed by atoms with van der Waals surface area (Å²) in [6, 6.07) is 27.1. The number of hydrogen-bond donors (Lipinski definition) is 1. The first kappa shape index (κ1) is 23.9. The number of carbonyl (C=O) groups is 2. The Hall–Kier alpha value is -3.28. The summed E-state index contributed by atoms with van der Waals surface area (Å²) in [5.41, 5.74) is 2.48. The Labute approximate surface area is 201 Å². The molecule has 0 aromatic heterocycles. The maximum atomic E-state index is 12.9. The van der Waals surface area contributed by atoms with E-state index < -0.39 is 11.5 Å². The molecule has 0 bridgehead atoms. The summed E-state index contributed by atoms with van der Waals surface area (Å²) in [5, 5.41) is 11.5. The van der Waals surface area contributed by atoms with Crippen molar-refractivity contribution >= 4 is 11.8 Å². The van der Waals surface area contributed by atoms with Gasteiger partial charge >= 0.3 is 0 Å². The topological polar surface area (TPSA) is 60.9 Å². The van der Waals surface area contributed by atoms with Gasteiger partial charge < -0.3 is 5.11 Å². The number of amides is 2. The zero-order valence-corrected chi connectivity index (χ0v) is 20.0. The summed E-state index contributed by atoms with van der Waals surface area (Å²) in [4.78, 5) is 29.3. The third-order valence-electron chi connectivity index (χ3n) is 6.73. The number of nitrogens with zero attached hydrogens (tertiary/aromatic N) is 2. The van der Waals surface area contributed by atoms with Gasteiger partial charge in [-0.1, -0.05) is 86.6 Å². The van der Waals surface area contributed by atoms with E-state index in [1.807, 2.05) is 57.2 Å². The van der Waals surface area contributed by atoms with E-state index >= 15 is 0 Å². The SMILES string of the molecule is C[C@H]([C@@H](O)C(C)(C)CN1C(=O)c2ccccc2C1=O)N(Cc1ccccc1)Cc1ccccc1. The second kappa shape index (κ2) is 9.92. The quantitative estimate of drug-likeness (QED) is 0.472. The molecule has 1 heterocycles. The molecule has 0 fully saturated rings. The Balaban J connectivity index is 1.53. The number of fused-ring (bicyclic) bond motifs is 1. The maximum absolute atomic E-state index is 12.9. The normalized spacial score (nSPS) is 15.5. The molecule has 3 aromatic rings. The number of aliphatic hydroxyl groups excluding tert-OH is 1. The van der Waals surface area contributed by atoms with Crippen LogP contribution in [0.15, 0.2) is 84.9 Å². The average Bonchev–Trinajstić information content (AvgIpc) is 3.08. The molecule has 0 saturated heterocycles. The zero-order valence-electron chi connectivity index (χ0n) is 20.0. The van der Waals surface area contributed by atoms with E-state index in [0.29, 0.717) is 24.2 Å². The lowest BCUT2D eigenvalue weighted by Gasteiger charge is -2.41. The van der Waals surface area contributed by atoms with Gasteiger partial charge in [0.1, 0.15) is 0 Å². The molecule has 1 aliphatic heterocycles. The van der Waals surface area contributed by atoms with E-state index in [1.165, 1.54) is 4.90 Å². The first-order valence-corrected chi connectivity index (χ1v) is 11.7. The standard InChI is InChI=1S/C29H32N2O3/c1-21(30(18-22-12-6-4-7-13-22)19-23-14-8-5-9-15-23)26(32)29(2,3)20-31-27(33)24-16-10-11-17-25(24)28(31)34/h4-17,21,26,32H,18-20H2,1-3H3/t21-,26-/m1/s1. The van der Waals surface area contributed by atoms with E-state index in [1.54, 1.807) is 24.3 Å². The van der Waals surface area contributed by atoms with Crippen LogP contribution in [0.2, 0.25) is 0 Å². The van der Waals surface area contributed by atoms with Crippen molar-refractivity contribution in [3.05, 3.63) is 107 Å². The predicted molar refractivity (Wildman–Crippen MR) is 133 cm³/mol. The van der Waals surface area contributed by atoms with Gasteiger partial charge in [-0.3, -0.25) is 19.4 Å². The highest BCUT2D eigenvalue weighted by molar-refractivity contribution is 6.21. The molecule has 5 nitrogen and oxygen atoms in total. The van der Waals surface area contributed by atoms with E-state index in [2.05, 4.69) is 29.2 Å². The molecule has 0 aliphatic carbocycles.